The maximum Gasteiger partial charge on any atom is 0.433 e. The number of ether oxygens (including phenoxy) is 1. The van der Waals surface area contributed by atoms with Crippen molar-refractivity contribution in [2.45, 2.75) is 49.7 Å². The molecule has 0 bridgehead atoms. The number of benzene rings is 1. The van der Waals surface area contributed by atoms with E-state index in [4.69, 9.17) is 4.74 Å². The molecule has 1 unspecified atom stereocenters. The minimum atomic E-state index is -4.56. The number of nitrogens with one attached hydrogen (secondary N) is 2. The van der Waals surface area contributed by atoms with Crippen LogP contribution in [0.2, 0.25) is 0 Å². The van der Waals surface area contributed by atoms with E-state index in [1.807, 2.05) is 12.1 Å². The Kier molecular flexibility index (Phi) is 7.58. The molecule has 2 aromatic rings. The standard InChI is InChI=1S/C27H32F3N5O3/c28-27(29,30)23-9-6-20(17-31-23)32-25(37)33-22-3-1-12-35(24(22)36)21-7-4-19(5-8-21)26(10-2-11-26)18-34-13-15-38-16-14-34/h4-9,17,22H,1-3,10-16,18H2,(H2,32,33,37). The average molecular weight is 532 g/mol. The van der Waals surface area contributed by atoms with Crippen molar-refractivity contribution >= 4 is 23.3 Å². The van der Waals surface area contributed by atoms with Crippen molar-refractivity contribution in [1.29, 1.82) is 0 Å². The van der Waals surface area contributed by atoms with Crippen LogP contribution in [0.1, 0.15) is 43.4 Å². The minimum absolute atomic E-state index is 0.105. The Morgan fingerprint density at radius 3 is 2.39 bits per heavy atom. The number of rotatable bonds is 6. The second-order valence-electron chi connectivity index (χ2n) is 10.3. The Hall–Kier alpha value is -3.18. The molecule has 2 N–H and O–H groups in total. The summed E-state index contributed by atoms with van der Waals surface area (Å²) in [5, 5.41) is 5.11. The summed E-state index contributed by atoms with van der Waals surface area (Å²) < 4.78 is 43.6. The molecule has 8 nitrogen and oxygen atoms in total. The lowest BCUT2D eigenvalue weighted by Gasteiger charge is -2.46. The predicted octanol–water partition coefficient (Wildman–Crippen LogP) is 4.17. The number of urea groups is 1. The SMILES string of the molecule is O=C(Nc1ccc(C(F)(F)F)nc1)NC1CCCN(c2ccc(C3(CN4CCOCC4)CCC3)cc2)C1=O. The van der Waals surface area contributed by atoms with Crippen LogP contribution in [0.5, 0.6) is 0 Å². The highest BCUT2D eigenvalue weighted by molar-refractivity contribution is 6.01. The van der Waals surface area contributed by atoms with E-state index in [1.54, 1.807) is 4.90 Å². The number of anilines is 2. The third-order valence-corrected chi connectivity index (χ3v) is 7.79. The molecule has 5 rings (SSSR count). The molecule has 0 radical (unpaired) electrons. The first kappa shape index (κ1) is 26.4. The first-order chi connectivity index (χ1) is 18.2. The molecule has 2 saturated heterocycles. The summed E-state index contributed by atoms with van der Waals surface area (Å²) >= 11 is 0. The number of piperidine rings is 1. The van der Waals surface area contributed by atoms with Crippen LogP contribution in [0.3, 0.4) is 0 Å². The van der Waals surface area contributed by atoms with Gasteiger partial charge in [-0.15, -0.1) is 0 Å². The quantitative estimate of drug-likeness (QED) is 0.585. The van der Waals surface area contributed by atoms with Gasteiger partial charge in [0, 0.05) is 37.3 Å². The predicted molar refractivity (Wildman–Crippen MR) is 136 cm³/mol. The third kappa shape index (κ3) is 5.78. The number of halogens is 3. The number of alkyl halides is 3. The zero-order chi connectivity index (χ0) is 26.8. The van der Waals surface area contributed by atoms with Crippen LogP contribution in [0, 0.1) is 0 Å². The lowest BCUT2D eigenvalue weighted by Crippen LogP contribution is -2.53. The number of hydrogen-bond acceptors (Lipinski definition) is 5. The Balaban J connectivity index is 1.20. The highest BCUT2D eigenvalue weighted by Crippen LogP contribution is 2.45. The molecule has 1 aromatic carbocycles. The Labute approximate surface area is 219 Å². The van der Waals surface area contributed by atoms with Gasteiger partial charge in [-0.05, 0) is 55.5 Å². The molecule has 2 aliphatic heterocycles. The molecule has 1 saturated carbocycles. The Morgan fingerprint density at radius 1 is 1.05 bits per heavy atom. The van der Waals surface area contributed by atoms with Gasteiger partial charge < -0.3 is 20.3 Å². The molecule has 1 aliphatic carbocycles. The van der Waals surface area contributed by atoms with Crippen molar-refractivity contribution in [3.8, 4) is 0 Å². The highest BCUT2D eigenvalue weighted by Gasteiger charge is 2.40. The molecule has 204 valence electrons. The molecule has 0 spiro atoms. The van der Waals surface area contributed by atoms with Crippen molar-refractivity contribution in [1.82, 2.24) is 15.2 Å². The number of nitrogens with zero attached hydrogens (tertiary/aromatic N) is 3. The van der Waals surface area contributed by atoms with Crippen LogP contribution < -0.4 is 15.5 Å². The number of pyridine rings is 1. The largest absolute Gasteiger partial charge is 0.433 e. The lowest BCUT2D eigenvalue weighted by atomic mass is 9.64. The summed E-state index contributed by atoms with van der Waals surface area (Å²) in [6.07, 6.45) is 1.10. The molecule has 38 heavy (non-hydrogen) atoms. The summed E-state index contributed by atoms with van der Waals surface area (Å²) in [6, 6.07) is 8.75. The van der Waals surface area contributed by atoms with Crippen molar-refractivity contribution in [2.24, 2.45) is 0 Å². The van der Waals surface area contributed by atoms with Gasteiger partial charge in [-0.25, -0.2) is 9.78 Å². The van der Waals surface area contributed by atoms with Crippen molar-refractivity contribution in [3.05, 3.63) is 53.9 Å². The van der Waals surface area contributed by atoms with Crippen molar-refractivity contribution < 1.29 is 27.5 Å². The molecule has 1 aromatic heterocycles. The number of aromatic nitrogens is 1. The van der Waals surface area contributed by atoms with E-state index in [9.17, 15) is 22.8 Å². The fourth-order valence-electron chi connectivity index (χ4n) is 5.55. The number of hydrogen-bond donors (Lipinski definition) is 2. The van der Waals surface area contributed by atoms with Gasteiger partial charge >= 0.3 is 12.2 Å². The molecule has 1 atom stereocenters. The van der Waals surface area contributed by atoms with Crippen LogP contribution in [0.15, 0.2) is 42.6 Å². The molecular weight excluding hydrogens is 499 g/mol. The molecule has 3 heterocycles. The Bertz CT molecular complexity index is 1130. The number of morpholine rings is 1. The van der Waals surface area contributed by atoms with E-state index in [0.29, 0.717) is 19.4 Å². The maximum atomic E-state index is 13.2. The number of carbonyl (C=O) groups excluding carboxylic acids is 2. The third-order valence-electron chi connectivity index (χ3n) is 7.79. The first-order valence-corrected chi connectivity index (χ1v) is 13.1. The molecule has 11 heteroatoms. The van der Waals surface area contributed by atoms with Gasteiger partial charge in [-0.1, -0.05) is 18.6 Å². The fraction of sp³-hybridized carbons (Fsp3) is 0.519. The molecule has 3 amide bonds. The molecule has 3 aliphatic rings. The first-order valence-electron chi connectivity index (χ1n) is 13.1. The van der Waals surface area contributed by atoms with Crippen LogP contribution >= 0.6 is 0 Å². The van der Waals surface area contributed by atoms with Gasteiger partial charge in [0.15, 0.2) is 0 Å². The summed E-state index contributed by atoms with van der Waals surface area (Å²) in [5.41, 5.74) is 1.29. The summed E-state index contributed by atoms with van der Waals surface area (Å²) in [5.74, 6) is -0.212. The average Bonchev–Trinajstić information content (AvgIpc) is 2.88. The van der Waals surface area contributed by atoms with Gasteiger partial charge in [0.1, 0.15) is 11.7 Å². The van der Waals surface area contributed by atoms with Crippen molar-refractivity contribution in [3.63, 3.8) is 0 Å². The van der Waals surface area contributed by atoms with Crippen LogP contribution in [0.4, 0.5) is 29.3 Å². The van der Waals surface area contributed by atoms with Gasteiger partial charge in [0.05, 0.1) is 25.1 Å². The van der Waals surface area contributed by atoms with E-state index < -0.39 is 23.9 Å². The second-order valence-corrected chi connectivity index (χ2v) is 10.3. The summed E-state index contributed by atoms with van der Waals surface area (Å²) in [7, 11) is 0. The fourth-order valence-corrected chi connectivity index (χ4v) is 5.55. The van der Waals surface area contributed by atoms with Gasteiger partial charge in [0.2, 0.25) is 5.91 Å². The van der Waals surface area contributed by atoms with E-state index in [2.05, 4.69) is 32.7 Å². The second kappa shape index (κ2) is 10.9. The number of amides is 3. The van der Waals surface area contributed by atoms with E-state index in [1.165, 1.54) is 12.0 Å². The lowest BCUT2D eigenvalue weighted by molar-refractivity contribution is -0.141. The minimum Gasteiger partial charge on any atom is -0.379 e. The zero-order valence-corrected chi connectivity index (χ0v) is 21.1. The van der Waals surface area contributed by atoms with Crippen LogP contribution in [0.25, 0.3) is 0 Å². The molecular formula is C27H32F3N5O3. The molecule has 3 fully saturated rings. The van der Waals surface area contributed by atoms with E-state index >= 15 is 0 Å². The van der Waals surface area contributed by atoms with Crippen LogP contribution in [-0.4, -0.2) is 67.3 Å². The Morgan fingerprint density at radius 2 is 1.79 bits per heavy atom. The smallest absolute Gasteiger partial charge is 0.379 e. The van der Waals surface area contributed by atoms with E-state index in [-0.39, 0.29) is 17.0 Å². The van der Waals surface area contributed by atoms with Gasteiger partial charge in [-0.3, -0.25) is 9.69 Å². The monoisotopic (exact) mass is 531 g/mol. The van der Waals surface area contributed by atoms with Crippen molar-refractivity contribution in [2.75, 3.05) is 49.6 Å². The summed E-state index contributed by atoms with van der Waals surface area (Å²) in [6.45, 7) is 5.05. The highest BCUT2D eigenvalue weighted by atomic mass is 19.4. The topological polar surface area (TPSA) is 86.8 Å². The maximum absolute atomic E-state index is 13.2. The number of carbonyl (C=O) groups is 2. The van der Waals surface area contributed by atoms with Gasteiger partial charge in [-0.2, -0.15) is 13.2 Å². The van der Waals surface area contributed by atoms with Crippen LogP contribution in [-0.2, 0) is 21.1 Å². The zero-order valence-electron chi connectivity index (χ0n) is 21.1. The normalized spacial score (nSPS) is 22.0. The summed E-state index contributed by atoms with van der Waals surface area (Å²) in [4.78, 5) is 33.2. The van der Waals surface area contributed by atoms with Gasteiger partial charge in [0.25, 0.3) is 0 Å². The van der Waals surface area contributed by atoms with E-state index in [0.717, 1.165) is 69.7 Å².